The van der Waals surface area contributed by atoms with Gasteiger partial charge in [-0.3, -0.25) is 9.69 Å². The molecule has 1 heterocycles. The molecule has 3 aromatic carbocycles. The largest absolute Gasteiger partial charge is 0.492 e. The zero-order valence-electron chi connectivity index (χ0n) is 20.0. The van der Waals surface area contributed by atoms with Crippen LogP contribution in [-0.2, 0) is 17.5 Å². The number of alkyl halides is 3. The summed E-state index contributed by atoms with van der Waals surface area (Å²) in [6.07, 6.45) is -4.53. The maximum atomic E-state index is 13.6. The van der Waals surface area contributed by atoms with Crippen molar-refractivity contribution in [1.82, 2.24) is 10.2 Å². The minimum Gasteiger partial charge on any atom is -0.492 e. The molecule has 1 aliphatic heterocycles. The number of fused-ring (bicyclic) bond motifs is 1. The molecule has 7 heteroatoms. The first kappa shape index (κ1) is 24.8. The van der Waals surface area contributed by atoms with Crippen LogP contribution >= 0.6 is 0 Å². The van der Waals surface area contributed by atoms with Gasteiger partial charge in [-0.15, -0.1) is 0 Å². The van der Waals surface area contributed by atoms with E-state index in [1.807, 2.05) is 80.3 Å². The summed E-state index contributed by atoms with van der Waals surface area (Å²) in [5, 5.41) is 2.96. The average molecular weight is 483 g/mol. The third-order valence-corrected chi connectivity index (χ3v) is 5.86. The molecule has 0 bridgehead atoms. The Kier molecular flexibility index (Phi) is 6.90. The molecule has 1 N–H and O–H groups in total. The molecule has 4 rings (SSSR count). The molecule has 0 fully saturated rings. The third-order valence-electron chi connectivity index (χ3n) is 5.86. The minimum absolute atomic E-state index is 0.219. The normalized spacial score (nSPS) is 16.7. The van der Waals surface area contributed by atoms with Crippen molar-refractivity contribution in [2.24, 2.45) is 0 Å². The summed E-state index contributed by atoms with van der Waals surface area (Å²) in [6.45, 7) is 6.54. The second kappa shape index (κ2) is 9.74. The molecule has 0 aliphatic carbocycles. The Morgan fingerprint density at radius 1 is 1.00 bits per heavy atom. The fraction of sp³-hybridized carbons (Fsp3) is 0.321. The number of amides is 1. The van der Waals surface area contributed by atoms with E-state index < -0.39 is 23.3 Å². The molecule has 0 aromatic heterocycles. The van der Waals surface area contributed by atoms with Crippen molar-refractivity contribution in [2.45, 2.75) is 45.1 Å². The van der Waals surface area contributed by atoms with E-state index in [4.69, 9.17) is 4.74 Å². The van der Waals surface area contributed by atoms with Crippen LogP contribution in [0.25, 0.3) is 11.1 Å². The Morgan fingerprint density at radius 3 is 2.37 bits per heavy atom. The third kappa shape index (κ3) is 5.85. The van der Waals surface area contributed by atoms with E-state index in [0.29, 0.717) is 18.8 Å². The number of ether oxygens (including phenoxy) is 1. The van der Waals surface area contributed by atoms with Gasteiger partial charge in [-0.2, -0.15) is 13.2 Å². The highest BCUT2D eigenvalue weighted by Crippen LogP contribution is 2.39. The first-order valence-electron chi connectivity index (χ1n) is 11.6. The summed E-state index contributed by atoms with van der Waals surface area (Å²) in [5.74, 6) is -0.0633. The molecular weight excluding hydrogens is 453 g/mol. The zero-order chi connectivity index (χ0) is 25.2. The molecule has 0 spiro atoms. The Balaban J connectivity index is 1.79. The van der Waals surface area contributed by atoms with Gasteiger partial charge in [0.05, 0.1) is 5.56 Å². The number of hydrogen-bond acceptors (Lipinski definition) is 3. The van der Waals surface area contributed by atoms with Gasteiger partial charge in [-0.1, -0.05) is 54.6 Å². The van der Waals surface area contributed by atoms with E-state index in [0.717, 1.165) is 28.8 Å². The van der Waals surface area contributed by atoms with E-state index in [-0.39, 0.29) is 18.1 Å². The van der Waals surface area contributed by atoms with E-state index in [1.54, 1.807) is 0 Å². The van der Waals surface area contributed by atoms with Crippen molar-refractivity contribution in [3.8, 4) is 16.9 Å². The van der Waals surface area contributed by atoms with Crippen molar-refractivity contribution in [3.05, 3.63) is 89.5 Å². The molecule has 3 aromatic rings. The van der Waals surface area contributed by atoms with Crippen LogP contribution in [0.5, 0.6) is 5.75 Å². The van der Waals surface area contributed by atoms with Gasteiger partial charge in [0.15, 0.2) is 0 Å². The molecule has 1 unspecified atom stereocenters. The Bertz CT molecular complexity index is 1190. The second-order valence-electron chi connectivity index (χ2n) is 9.73. The Labute approximate surface area is 203 Å². The molecule has 0 saturated heterocycles. The number of carbonyl (C=O) groups excluding carboxylic acids is 1. The number of nitrogens with zero attached hydrogens (tertiary/aromatic N) is 1. The number of carbonyl (C=O) groups is 1. The molecule has 1 atom stereocenters. The molecule has 0 saturated carbocycles. The van der Waals surface area contributed by atoms with Crippen LogP contribution in [0.3, 0.4) is 0 Å². The maximum Gasteiger partial charge on any atom is 0.416 e. The lowest BCUT2D eigenvalue weighted by Gasteiger charge is -2.32. The van der Waals surface area contributed by atoms with Crippen LogP contribution in [0.1, 0.15) is 43.5 Å². The summed E-state index contributed by atoms with van der Waals surface area (Å²) in [6, 6.07) is 20.2. The van der Waals surface area contributed by atoms with Gasteiger partial charge in [-0.05, 0) is 55.7 Å². The first-order valence-corrected chi connectivity index (χ1v) is 11.6. The monoisotopic (exact) mass is 482 g/mol. The first-order chi connectivity index (χ1) is 16.5. The highest BCUT2D eigenvalue weighted by molar-refractivity contribution is 5.85. The van der Waals surface area contributed by atoms with Gasteiger partial charge in [0.2, 0.25) is 5.91 Å². The quantitative estimate of drug-likeness (QED) is 0.480. The van der Waals surface area contributed by atoms with Crippen molar-refractivity contribution in [3.63, 3.8) is 0 Å². The van der Waals surface area contributed by atoms with Crippen LogP contribution in [0.15, 0.2) is 72.8 Å². The lowest BCUT2D eigenvalue weighted by atomic mass is 9.96. The van der Waals surface area contributed by atoms with Crippen molar-refractivity contribution < 1.29 is 22.7 Å². The van der Waals surface area contributed by atoms with Crippen LogP contribution in [-0.4, -0.2) is 29.5 Å². The smallest absolute Gasteiger partial charge is 0.416 e. The molecule has 1 amide bonds. The van der Waals surface area contributed by atoms with Gasteiger partial charge in [0, 0.05) is 24.2 Å². The molecule has 0 radical (unpaired) electrons. The molecule has 4 nitrogen and oxygen atoms in total. The van der Waals surface area contributed by atoms with Gasteiger partial charge >= 0.3 is 6.18 Å². The number of nitrogens with one attached hydrogen (secondary N) is 1. The summed E-state index contributed by atoms with van der Waals surface area (Å²) < 4.78 is 46.6. The number of hydrogen-bond donors (Lipinski definition) is 1. The number of rotatable bonds is 4. The van der Waals surface area contributed by atoms with Crippen molar-refractivity contribution >= 4 is 5.91 Å². The minimum atomic E-state index is -4.53. The van der Waals surface area contributed by atoms with E-state index in [2.05, 4.69) is 5.32 Å². The predicted molar refractivity (Wildman–Crippen MR) is 130 cm³/mol. The predicted octanol–water partition coefficient (Wildman–Crippen LogP) is 6.22. The van der Waals surface area contributed by atoms with Gasteiger partial charge < -0.3 is 10.1 Å². The maximum absolute atomic E-state index is 13.6. The highest BCUT2D eigenvalue weighted by atomic mass is 19.4. The summed E-state index contributed by atoms with van der Waals surface area (Å²) in [4.78, 5) is 15.5. The molecule has 35 heavy (non-hydrogen) atoms. The fourth-order valence-corrected chi connectivity index (χ4v) is 4.36. The molecule has 184 valence electrons. The van der Waals surface area contributed by atoms with Gasteiger partial charge in [0.1, 0.15) is 18.4 Å². The van der Waals surface area contributed by atoms with Crippen molar-refractivity contribution in [2.75, 3.05) is 13.2 Å². The van der Waals surface area contributed by atoms with Crippen LogP contribution in [0.4, 0.5) is 13.2 Å². The summed E-state index contributed by atoms with van der Waals surface area (Å²) >= 11 is 0. The standard InChI is InChI=1S/C28H29F3N2O2/c1-27(2,3)32-26(34)25-23-17-21(28(29,30)31)13-14-24(23)35-16-15-33(25)18-20-11-7-8-12-22(20)19-9-5-4-6-10-19/h4-14,17,25H,15-16,18H2,1-3H3,(H,32,34). The van der Waals surface area contributed by atoms with Gasteiger partial charge in [-0.25, -0.2) is 0 Å². The van der Waals surface area contributed by atoms with Crippen LogP contribution in [0, 0.1) is 0 Å². The average Bonchev–Trinajstić information content (AvgIpc) is 2.97. The van der Waals surface area contributed by atoms with E-state index in [1.165, 1.54) is 6.07 Å². The topological polar surface area (TPSA) is 41.6 Å². The van der Waals surface area contributed by atoms with Crippen molar-refractivity contribution in [1.29, 1.82) is 0 Å². The molecular formula is C28H29F3N2O2. The summed E-state index contributed by atoms with van der Waals surface area (Å²) in [7, 11) is 0. The number of halogens is 3. The van der Waals surface area contributed by atoms with Gasteiger partial charge in [0.25, 0.3) is 0 Å². The fourth-order valence-electron chi connectivity index (χ4n) is 4.36. The lowest BCUT2D eigenvalue weighted by Crippen LogP contribution is -2.47. The summed E-state index contributed by atoms with van der Waals surface area (Å²) in [5.41, 5.74) is 1.88. The SMILES string of the molecule is CC(C)(C)NC(=O)C1c2cc(C(F)(F)F)ccc2OCCN1Cc1ccccc1-c1ccccc1. The van der Waals surface area contributed by atoms with Crippen LogP contribution < -0.4 is 10.1 Å². The van der Waals surface area contributed by atoms with Crippen LogP contribution in [0.2, 0.25) is 0 Å². The van der Waals surface area contributed by atoms with E-state index >= 15 is 0 Å². The number of benzene rings is 3. The Morgan fingerprint density at radius 2 is 1.69 bits per heavy atom. The highest BCUT2D eigenvalue weighted by Gasteiger charge is 2.38. The lowest BCUT2D eigenvalue weighted by molar-refractivity contribution is -0.138. The second-order valence-corrected chi connectivity index (χ2v) is 9.73. The van der Waals surface area contributed by atoms with E-state index in [9.17, 15) is 18.0 Å². The zero-order valence-corrected chi connectivity index (χ0v) is 20.0. The molecule has 1 aliphatic rings. The Hall–Kier alpha value is -3.32.